The van der Waals surface area contributed by atoms with Gasteiger partial charge in [-0.25, -0.2) is 9.37 Å². The van der Waals surface area contributed by atoms with E-state index in [-0.39, 0.29) is 17.5 Å². The quantitative estimate of drug-likeness (QED) is 0.414. The number of benzene rings is 1. The summed E-state index contributed by atoms with van der Waals surface area (Å²) in [5, 5.41) is 9.48. The van der Waals surface area contributed by atoms with Gasteiger partial charge in [-0.1, -0.05) is 17.8 Å². The van der Waals surface area contributed by atoms with Crippen molar-refractivity contribution in [2.24, 2.45) is 0 Å². The summed E-state index contributed by atoms with van der Waals surface area (Å²) in [5.74, 6) is 0.857. The monoisotopic (exact) mass is 451 g/mol. The Balaban J connectivity index is 1.45. The van der Waals surface area contributed by atoms with Gasteiger partial charge in [-0.3, -0.25) is 13.8 Å². The molecule has 164 valence electrons. The number of pyridine rings is 1. The zero-order valence-electron chi connectivity index (χ0n) is 17.6. The number of aryl methyl sites for hydroxylation is 1. The topological polar surface area (TPSA) is 74.3 Å². The highest BCUT2D eigenvalue weighted by Gasteiger charge is 2.22. The number of aromatic nitrogens is 5. The molecule has 0 bridgehead atoms. The van der Waals surface area contributed by atoms with Crippen LogP contribution in [0.3, 0.4) is 0 Å². The van der Waals surface area contributed by atoms with Gasteiger partial charge in [-0.15, -0.1) is 10.2 Å². The molecule has 3 aromatic heterocycles. The first kappa shape index (κ1) is 20.8. The van der Waals surface area contributed by atoms with Crippen LogP contribution in [0.25, 0.3) is 17.0 Å². The van der Waals surface area contributed by atoms with Crippen LogP contribution in [0.1, 0.15) is 24.1 Å². The highest BCUT2D eigenvalue weighted by atomic mass is 32.2. The second-order valence-electron chi connectivity index (χ2n) is 7.82. The minimum absolute atomic E-state index is 0.0932. The summed E-state index contributed by atoms with van der Waals surface area (Å²) < 4.78 is 22.8. The largest absolute Gasteiger partial charge is 0.376 e. The van der Waals surface area contributed by atoms with E-state index in [1.54, 1.807) is 28.8 Å². The molecule has 0 unspecified atom stereocenters. The summed E-state index contributed by atoms with van der Waals surface area (Å²) in [6.07, 6.45) is 3.83. The van der Waals surface area contributed by atoms with Crippen LogP contribution in [0.4, 0.5) is 4.39 Å². The Kier molecular flexibility index (Phi) is 5.75. The third kappa shape index (κ3) is 4.18. The lowest BCUT2D eigenvalue weighted by atomic mass is 10.2. The molecular weight excluding hydrogens is 429 g/mol. The number of hydrogen-bond donors (Lipinski definition) is 0. The van der Waals surface area contributed by atoms with Gasteiger partial charge in [0.05, 0.1) is 18.3 Å². The first-order chi connectivity index (χ1) is 15.6. The Bertz CT molecular complexity index is 1310. The maximum absolute atomic E-state index is 13.4. The van der Waals surface area contributed by atoms with Gasteiger partial charge in [-0.05, 0) is 55.7 Å². The molecule has 1 atom stereocenters. The molecule has 5 rings (SSSR count). The lowest BCUT2D eigenvalue weighted by molar-refractivity contribution is 0.0953. The van der Waals surface area contributed by atoms with Crippen molar-refractivity contribution >= 4 is 17.4 Å². The molecule has 1 aliphatic heterocycles. The number of halogens is 1. The van der Waals surface area contributed by atoms with E-state index in [0.29, 0.717) is 34.6 Å². The fourth-order valence-electron chi connectivity index (χ4n) is 3.89. The summed E-state index contributed by atoms with van der Waals surface area (Å²) >= 11 is 1.47. The molecule has 1 fully saturated rings. The number of ether oxygens (including phenoxy) is 1. The van der Waals surface area contributed by atoms with Crippen molar-refractivity contribution in [1.29, 1.82) is 0 Å². The van der Waals surface area contributed by atoms with Gasteiger partial charge in [0, 0.05) is 30.2 Å². The van der Waals surface area contributed by atoms with Crippen molar-refractivity contribution in [2.45, 2.75) is 43.3 Å². The van der Waals surface area contributed by atoms with Crippen molar-refractivity contribution in [3.8, 4) is 11.4 Å². The molecule has 0 N–H and O–H groups in total. The van der Waals surface area contributed by atoms with Crippen molar-refractivity contribution in [3.05, 3.63) is 76.1 Å². The number of rotatable bonds is 6. The van der Waals surface area contributed by atoms with E-state index in [4.69, 9.17) is 4.74 Å². The minimum atomic E-state index is -0.294. The van der Waals surface area contributed by atoms with E-state index in [1.165, 1.54) is 23.9 Å². The average Bonchev–Trinajstić information content (AvgIpc) is 3.44. The zero-order chi connectivity index (χ0) is 22.1. The number of hydrogen-bond acceptors (Lipinski definition) is 6. The Morgan fingerprint density at radius 1 is 1.22 bits per heavy atom. The molecule has 7 nitrogen and oxygen atoms in total. The van der Waals surface area contributed by atoms with Crippen LogP contribution >= 0.6 is 11.8 Å². The average molecular weight is 452 g/mol. The second kappa shape index (κ2) is 8.84. The summed E-state index contributed by atoms with van der Waals surface area (Å²) in [6.45, 7) is 3.31. The molecule has 1 aromatic carbocycles. The first-order valence-electron chi connectivity index (χ1n) is 10.5. The van der Waals surface area contributed by atoms with E-state index in [1.807, 2.05) is 23.6 Å². The molecule has 1 saturated heterocycles. The first-order valence-corrected chi connectivity index (χ1v) is 11.5. The molecule has 0 saturated carbocycles. The van der Waals surface area contributed by atoms with Crippen LogP contribution in [0.2, 0.25) is 0 Å². The Hall–Kier alpha value is -3.04. The van der Waals surface area contributed by atoms with Crippen LogP contribution < -0.4 is 5.56 Å². The van der Waals surface area contributed by atoms with Gasteiger partial charge >= 0.3 is 0 Å². The minimum Gasteiger partial charge on any atom is -0.376 e. The molecule has 32 heavy (non-hydrogen) atoms. The predicted molar refractivity (Wildman–Crippen MR) is 120 cm³/mol. The van der Waals surface area contributed by atoms with Crippen molar-refractivity contribution in [1.82, 2.24) is 24.1 Å². The van der Waals surface area contributed by atoms with Gasteiger partial charge < -0.3 is 4.74 Å². The third-order valence-corrected chi connectivity index (χ3v) is 6.52. The molecule has 0 radical (unpaired) electrons. The van der Waals surface area contributed by atoms with Crippen LogP contribution in [0.15, 0.2) is 58.6 Å². The smallest absolute Gasteiger partial charge is 0.258 e. The zero-order valence-corrected chi connectivity index (χ0v) is 18.4. The molecule has 0 amide bonds. The molecule has 4 aromatic rings. The summed E-state index contributed by atoms with van der Waals surface area (Å²) in [5.41, 5.74) is 2.97. The molecule has 4 heterocycles. The fourth-order valence-corrected chi connectivity index (χ4v) is 4.73. The van der Waals surface area contributed by atoms with E-state index in [2.05, 4.69) is 15.2 Å². The van der Waals surface area contributed by atoms with Gasteiger partial charge in [-0.2, -0.15) is 0 Å². The Labute approximate surface area is 188 Å². The number of fused-ring (bicyclic) bond motifs is 1. The molecular formula is C23H22FN5O2S. The lowest BCUT2D eigenvalue weighted by Gasteiger charge is -2.14. The maximum atomic E-state index is 13.4. The third-order valence-electron chi connectivity index (χ3n) is 5.52. The van der Waals surface area contributed by atoms with E-state index >= 15 is 0 Å². The summed E-state index contributed by atoms with van der Waals surface area (Å²) in [4.78, 5) is 17.2. The van der Waals surface area contributed by atoms with Crippen molar-refractivity contribution < 1.29 is 9.13 Å². The van der Waals surface area contributed by atoms with Crippen LogP contribution in [0.5, 0.6) is 0 Å². The predicted octanol–water partition coefficient (Wildman–Crippen LogP) is 3.87. The SMILES string of the molecule is Cc1cccn2c(=O)cc(CSc3nnc(-c4ccc(F)cc4)n3C[C@H]3CCCO3)nc12. The van der Waals surface area contributed by atoms with Gasteiger partial charge in [0.1, 0.15) is 11.5 Å². The summed E-state index contributed by atoms with van der Waals surface area (Å²) in [6, 6.07) is 11.6. The summed E-state index contributed by atoms with van der Waals surface area (Å²) in [7, 11) is 0. The van der Waals surface area contributed by atoms with Gasteiger partial charge in [0.25, 0.3) is 5.56 Å². The fraction of sp³-hybridized carbons (Fsp3) is 0.304. The maximum Gasteiger partial charge on any atom is 0.258 e. The number of nitrogens with zero attached hydrogens (tertiary/aromatic N) is 5. The highest BCUT2D eigenvalue weighted by Crippen LogP contribution is 2.28. The van der Waals surface area contributed by atoms with Gasteiger partial charge in [0.15, 0.2) is 11.0 Å². The number of thioether (sulfide) groups is 1. The van der Waals surface area contributed by atoms with Gasteiger partial charge in [0.2, 0.25) is 0 Å². The van der Waals surface area contributed by atoms with Crippen LogP contribution in [0, 0.1) is 12.7 Å². The second-order valence-corrected chi connectivity index (χ2v) is 8.76. The Morgan fingerprint density at radius 3 is 2.84 bits per heavy atom. The normalized spacial score (nSPS) is 16.1. The van der Waals surface area contributed by atoms with Crippen LogP contribution in [-0.4, -0.2) is 36.9 Å². The standard InChI is InChI=1S/C23H22FN5O2S/c1-15-4-2-10-28-20(30)12-18(25-21(15)28)14-32-23-27-26-22(16-6-8-17(24)9-7-16)29(23)13-19-5-3-11-31-19/h2,4,6-10,12,19H,3,5,11,13-14H2,1H3/t19-/m1/s1. The van der Waals surface area contributed by atoms with E-state index < -0.39 is 0 Å². The van der Waals surface area contributed by atoms with E-state index in [9.17, 15) is 9.18 Å². The molecule has 1 aliphatic rings. The van der Waals surface area contributed by atoms with E-state index in [0.717, 1.165) is 30.6 Å². The molecule has 0 aliphatic carbocycles. The molecule has 9 heteroatoms. The lowest BCUT2D eigenvalue weighted by Crippen LogP contribution is -2.17. The van der Waals surface area contributed by atoms with Crippen molar-refractivity contribution in [2.75, 3.05) is 6.61 Å². The highest BCUT2D eigenvalue weighted by molar-refractivity contribution is 7.98. The Morgan fingerprint density at radius 2 is 2.06 bits per heavy atom. The van der Waals surface area contributed by atoms with Crippen molar-refractivity contribution in [3.63, 3.8) is 0 Å². The van der Waals surface area contributed by atoms with Crippen LogP contribution in [-0.2, 0) is 17.0 Å². The molecule has 0 spiro atoms.